The van der Waals surface area contributed by atoms with Crippen LogP contribution >= 0.6 is 15.9 Å². The van der Waals surface area contributed by atoms with Crippen LogP contribution in [0.25, 0.3) is 69.0 Å². The molecule has 0 aliphatic heterocycles. The second kappa shape index (κ2) is 10.6. The third-order valence-corrected chi connectivity index (χ3v) is 8.59. The van der Waals surface area contributed by atoms with Crippen molar-refractivity contribution in [3.05, 3.63) is 141 Å². The molecule has 3 aromatic heterocycles. The van der Waals surface area contributed by atoms with Gasteiger partial charge in [-0.2, -0.15) is 0 Å². The number of aromatic nitrogens is 1. The maximum absolute atomic E-state index is 6.47. The molecule has 0 fully saturated rings. The van der Waals surface area contributed by atoms with Crippen LogP contribution in [0.5, 0.6) is 0 Å². The molecule has 4 heteroatoms. The Kier molecular flexibility index (Phi) is 6.56. The van der Waals surface area contributed by atoms with Crippen LogP contribution in [0.1, 0.15) is 29.3 Å². The first-order chi connectivity index (χ1) is 20.5. The zero-order valence-corrected chi connectivity index (χ0v) is 25.0. The molecule has 204 valence electrons. The highest BCUT2D eigenvalue weighted by Gasteiger charge is 2.16. The van der Waals surface area contributed by atoms with Crippen molar-refractivity contribution in [3.8, 4) is 5.69 Å². The predicted molar refractivity (Wildman–Crippen MR) is 180 cm³/mol. The molecule has 0 atom stereocenters. The molecule has 0 aliphatic carbocycles. The van der Waals surface area contributed by atoms with Crippen LogP contribution in [0.4, 0.5) is 0 Å². The van der Waals surface area contributed by atoms with Crippen LogP contribution in [0, 0.1) is 6.92 Å². The molecule has 0 spiro atoms. The fourth-order valence-corrected chi connectivity index (χ4v) is 6.21. The Morgan fingerprint density at radius 3 is 2.33 bits per heavy atom. The Labute approximate surface area is 252 Å². The highest BCUT2D eigenvalue weighted by atomic mass is 79.9. The van der Waals surface area contributed by atoms with Gasteiger partial charge in [0, 0.05) is 38.7 Å². The van der Waals surface area contributed by atoms with E-state index in [1.807, 2.05) is 42.7 Å². The van der Waals surface area contributed by atoms with E-state index in [4.69, 9.17) is 8.83 Å². The Hall–Kier alpha value is -4.80. The van der Waals surface area contributed by atoms with Gasteiger partial charge in [-0.05, 0) is 88.6 Å². The summed E-state index contributed by atoms with van der Waals surface area (Å²) in [7, 11) is 0. The number of hydrogen-bond donors (Lipinski definition) is 0. The molecule has 0 amide bonds. The Morgan fingerprint density at radius 2 is 1.52 bits per heavy atom. The summed E-state index contributed by atoms with van der Waals surface area (Å²) in [6, 6.07) is 31.1. The average Bonchev–Trinajstić information content (AvgIpc) is 3.69. The largest absolute Gasteiger partial charge is 0.464 e. The normalized spacial score (nSPS) is 12.9. The Bertz CT molecular complexity index is 2290. The van der Waals surface area contributed by atoms with Gasteiger partial charge in [-0.3, -0.25) is 0 Å². The van der Waals surface area contributed by atoms with Gasteiger partial charge in [-0.25, -0.2) is 0 Å². The predicted octanol–water partition coefficient (Wildman–Crippen LogP) is 9.66. The minimum atomic E-state index is 0.857. The van der Waals surface area contributed by atoms with Crippen LogP contribution in [-0.4, -0.2) is 4.57 Å². The molecular weight excluding hydrogens is 582 g/mol. The number of allylic oxidation sites excluding steroid dienone is 2. The molecule has 3 heterocycles. The van der Waals surface area contributed by atoms with Crippen molar-refractivity contribution >= 4 is 79.2 Å². The first-order valence-electron chi connectivity index (χ1n) is 13.9. The standard InChI is InChI=1S/C38H28BrNO2/c1-4-26(30-15-10-16-31-32-17-11-18-33(39)38(32)42-37(30)31)22-35-25(3)24(2)34(40(35)28-12-6-5-7-13-28)21-20-27-23-41-36-19-9-8-14-29(27)36/h4-23H,3H2,1-2H3/b21-20-,26-4+,35-22+. The zero-order valence-electron chi connectivity index (χ0n) is 23.4. The first-order valence-corrected chi connectivity index (χ1v) is 14.7. The quantitative estimate of drug-likeness (QED) is 0.194. The van der Waals surface area contributed by atoms with E-state index < -0.39 is 0 Å². The minimum Gasteiger partial charge on any atom is -0.464 e. The molecule has 3 nitrogen and oxygen atoms in total. The van der Waals surface area contributed by atoms with Crippen LogP contribution in [0.3, 0.4) is 0 Å². The Morgan fingerprint density at radius 1 is 0.810 bits per heavy atom. The van der Waals surface area contributed by atoms with Gasteiger partial charge in [0.05, 0.1) is 16.1 Å². The van der Waals surface area contributed by atoms with Crippen molar-refractivity contribution in [2.24, 2.45) is 0 Å². The molecule has 0 saturated heterocycles. The highest BCUT2D eigenvalue weighted by molar-refractivity contribution is 9.10. The summed E-state index contributed by atoms with van der Waals surface area (Å²) < 4.78 is 15.5. The summed E-state index contributed by atoms with van der Waals surface area (Å²) in [6.07, 6.45) is 10.5. The molecule has 0 N–H and O–H groups in total. The molecule has 0 unspecified atom stereocenters. The number of hydrogen-bond acceptors (Lipinski definition) is 2. The van der Waals surface area contributed by atoms with Crippen LogP contribution in [0.2, 0.25) is 0 Å². The fraction of sp³-hybridized carbons (Fsp3) is 0.0526. The number of furan rings is 2. The van der Waals surface area contributed by atoms with Gasteiger partial charge < -0.3 is 13.4 Å². The van der Waals surface area contributed by atoms with Gasteiger partial charge in [-0.15, -0.1) is 0 Å². The summed E-state index contributed by atoms with van der Waals surface area (Å²) in [5.74, 6) is 0. The number of fused-ring (bicyclic) bond motifs is 4. The summed E-state index contributed by atoms with van der Waals surface area (Å²) in [4.78, 5) is 0. The second-order valence-electron chi connectivity index (χ2n) is 10.4. The topological polar surface area (TPSA) is 31.2 Å². The van der Waals surface area contributed by atoms with E-state index >= 15 is 0 Å². The average molecular weight is 611 g/mol. The molecule has 0 radical (unpaired) electrons. The summed E-state index contributed by atoms with van der Waals surface area (Å²) in [5, 5.41) is 5.29. The van der Waals surface area contributed by atoms with E-state index in [-0.39, 0.29) is 0 Å². The summed E-state index contributed by atoms with van der Waals surface area (Å²) in [6.45, 7) is 8.76. The third-order valence-electron chi connectivity index (χ3n) is 7.96. The SMILES string of the molecule is C=c1c(C)c(/C=C\c2coc3ccccc23)n(-c2ccccc2)/c1=C/C(=C\C)c1cccc2c1oc1c(Br)cccc12. The lowest BCUT2D eigenvalue weighted by molar-refractivity contribution is 0.615. The van der Waals surface area contributed by atoms with Gasteiger partial charge >= 0.3 is 0 Å². The maximum Gasteiger partial charge on any atom is 0.149 e. The summed E-state index contributed by atoms with van der Waals surface area (Å²) >= 11 is 3.67. The lowest BCUT2D eigenvalue weighted by atomic mass is 10.0. The minimum absolute atomic E-state index is 0.857. The fourth-order valence-electron chi connectivity index (χ4n) is 5.76. The lowest BCUT2D eigenvalue weighted by Crippen LogP contribution is -2.28. The van der Waals surface area contributed by atoms with E-state index in [1.165, 1.54) is 0 Å². The van der Waals surface area contributed by atoms with Gasteiger partial charge in [0.1, 0.15) is 16.7 Å². The van der Waals surface area contributed by atoms with Gasteiger partial charge in [0.2, 0.25) is 0 Å². The molecule has 0 saturated carbocycles. The van der Waals surface area contributed by atoms with E-state index in [1.54, 1.807) is 0 Å². The number of rotatable bonds is 5. The van der Waals surface area contributed by atoms with Crippen LogP contribution in [0.15, 0.2) is 117 Å². The first kappa shape index (κ1) is 26.1. The van der Waals surface area contributed by atoms with E-state index in [0.717, 1.165) is 81.6 Å². The molecule has 0 bridgehead atoms. The monoisotopic (exact) mass is 609 g/mol. The van der Waals surface area contributed by atoms with Crippen LogP contribution < -0.4 is 10.6 Å². The molecule has 7 rings (SSSR count). The van der Waals surface area contributed by atoms with E-state index in [2.05, 4.69) is 120 Å². The summed E-state index contributed by atoms with van der Waals surface area (Å²) in [5.41, 5.74) is 9.01. The molecule has 7 aromatic rings. The highest BCUT2D eigenvalue weighted by Crippen LogP contribution is 2.37. The molecule has 42 heavy (non-hydrogen) atoms. The molecular formula is C38H28BrNO2. The van der Waals surface area contributed by atoms with Crippen LogP contribution in [-0.2, 0) is 0 Å². The van der Waals surface area contributed by atoms with Gasteiger partial charge in [0.25, 0.3) is 0 Å². The zero-order chi connectivity index (χ0) is 28.8. The number of halogens is 1. The lowest BCUT2D eigenvalue weighted by Gasteiger charge is -2.10. The van der Waals surface area contributed by atoms with Crippen molar-refractivity contribution in [2.75, 3.05) is 0 Å². The van der Waals surface area contributed by atoms with Crippen molar-refractivity contribution in [3.63, 3.8) is 0 Å². The van der Waals surface area contributed by atoms with Crippen molar-refractivity contribution < 1.29 is 8.83 Å². The second-order valence-corrected chi connectivity index (χ2v) is 11.2. The van der Waals surface area contributed by atoms with E-state index in [9.17, 15) is 0 Å². The van der Waals surface area contributed by atoms with Crippen molar-refractivity contribution in [1.82, 2.24) is 4.57 Å². The molecule has 4 aromatic carbocycles. The van der Waals surface area contributed by atoms with Gasteiger partial charge in [-0.1, -0.05) is 79.4 Å². The van der Waals surface area contributed by atoms with E-state index in [0.29, 0.717) is 0 Å². The third kappa shape index (κ3) is 4.27. The smallest absolute Gasteiger partial charge is 0.149 e. The number of nitrogens with zero attached hydrogens (tertiary/aromatic N) is 1. The maximum atomic E-state index is 6.47. The Balaban J connectivity index is 1.45. The van der Waals surface area contributed by atoms with Crippen molar-refractivity contribution in [2.45, 2.75) is 13.8 Å². The van der Waals surface area contributed by atoms with Crippen molar-refractivity contribution in [1.29, 1.82) is 0 Å². The number of benzene rings is 4. The molecule has 0 aliphatic rings. The number of para-hydroxylation sites is 4. The van der Waals surface area contributed by atoms with Gasteiger partial charge in [0.15, 0.2) is 0 Å².